The molecule has 0 radical (unpaired) electrons. The molecule has 1 aliphatic heterocycles. The molecular formula is C26H30ClN3O3. The summed E-state index contributed by atoms with van der Waals surface area (Å²) >= 11 is 6.04. The highest BCUT2D eigenvalue weighted by Gasteiger charge is 2.27. The molecule has 0 aliphatic carbocycles. The molecule has 1 atom stereocenters. The fraction of sp³-hybridized carbons (Fsp3) is 0.423. The van der Waals surface area contributed by atoms with Crippen molar-refractivity contribution in [3.63, 3.8) is 0 Å². The van der Waals surface area contributed by atoms with Crippen LogP contribution in [0.25, 0.3) is 10.8 Å². The molecule has 1 saturated heterocycles. The molecular weight excluding hydrogens is 438 g/mol. The second kappa shape index (κ2) is 9.56. The number of likely N-dealkylation sites (tertiary alicyclic amines) is 1. The first-order valence-corrected chi connectivity index (χ1v) is 11.8. The van der Waals surface area contributed by atoms with E-state index in [2.05, 4.69) is 0 Å². The van der Waals surface area contributed by atoms with E-state index in [1.54, 1.807) is 9.58 Å². The van der Waals surface area contributed by atoms with E-state index in [4.69, 9.17) is 21.4 Å². The van der Waals surface area contributed by atoms with Crippen LogP contribution in [-0.4, -0.2) is 39.5 Å². The minimum Gasteiger partial charge on any atom is -0.444 e. The van der Waals surface area contributed by atoms with Gasteiger partial charge in [-0.2, -0.15) is 5.10 Å². The van der Waals surface area contributed by atoms with Crippen LogP contribution in [0.5, 0.6) is 0 Å². The first-order valence-electron chi connectivity index (χ1n) is 11.4. The molecule has 2 aromatic carbocycles. The topological polar surface area (TPSA) is 64.4 Å². The Bertz CT molecular complexity index is 1200. The van der Waals surface area contributed by atoms with Gasteiger partial charge < -0.3 is 9.64 Å². The average Bonchev–Trinajstić information content (AvgIpc) is 3.02. The summed E-state index contributed by atoms with van der Waals surface area (Å²) in [6.45, 7) is 6.75. The zero-order valence-electron chi connectivity index (χ0n) is 19.4. The molecule has 0 N–H and O–H groups in total. The highest BCUT2D eigenvalue weighted by Crippen LogP contribution is 2.25. The normalized spacial score (nSPS) is 17.1. The molecule has 1 fully saturated rings. The van der Waals surface area contributed by atoms with Gasteiger partial charge in [0.2, 0.25) is 0 Å². The summed E-state index contributed by atoms with van der Waals surface area (Å²) in [5.74, 6) is 0. The third kappa shape index (κ3) is 5.56. The van der Waals surface area contributed by atoms with E-state index in [9.17, 15) is 9.59 Å². The van der Waals surface area contributed by atoms with Crippen LogP contribution in [0.15, 0.2) is 53.3 Å². The monoisotopic (exact) mass is 467 g/mol. The summed E-state index contributed by atoms with van der Waals surface area (Å²) < 4.78 is 7.19. The fourth-order valence-electron chi connectivity index (χ4n) is 4.28. The van der Waals surface area contributed by atoms with Gasteiger partial charge in [-0.15, -0.1) is 0 Å². The Morgan fingerprint density at radius 2 is 1.76 bits per heavy atom. The van der Waals surface area contributed by atoms with E-state index in [1.165, 1.54) is 0 Å². The molecule has 1 aromatic heterocycles. The Morgan fingerprint density at radius 1 is 1.06 bits per heavy atom. The molecule has 0 bridgehead atoms. The first-order chi connectivity index (χ1) is 15.7. The number of carbonyl (C=O) groups excluding carboxylic acids is 1. The quantitative estimate of drug-likeness (QED) is 0.502. The van der Waals surface area contributed by atoms with Gasteiger partial charge in [0, 0.05) is 29.9 Å². The van der Waals surface area contributed by atoms with Gasteiger partial charge >= 0.3 is 6.09 Å². The third-order valence-corrected chi connectivity index (χ3v) is 6.14. The zero-order chi connectivity index (χ0) is 23.6. The maximum atomic E-state index is 13.4. The number of rotatable bonds is 3. The number of nitrogens with zero attached hydrogens (tertiary/aromatic N) is 3. The number of hydrogen-bond donors (Lipinski definition) is 0. The maximum Gasteiger partial charge on any atom is 0.410 e. The van der Waals surface area contributed by atoms with Crippen molar-refractivity contribution in [3.05, 3.63) is 75.2 Å². The second-order valence-electron chi connectivity index (χ2n) is 9.60. The molecule has 1 aliphatic rings. The minimum atomic E-state index is -0.532. The smallest absolute Gasteiger partial charge is 0.410 e. The Labute approximate surface area is 199 Å². The van der Waals surface area contributed by atoms with Crippen LogP contribution in [0, 0.1) is 0 Å². The summed E-state index contributed by atoms with van der Waals surface area (Å²) in [6, 6.07) is 15.3. The standard InChI is InChI=1S/C26H30ClN3O3/c1-26(2,3)33-25(32)29-15-6-7-20(14-16-29)30-24(31)22-9-5-4-8-21(22)23(28-30)17-18-10-12-19(27)13-11-18/h4-5,8-13,20H,6-7,14-17H2,1-3H3. The van der Waals surface area contributed by atoms with Gasteiger partial charge in [-0.3, -0.25) is 4.79 Å². The lowest BCUT2D eigenvalue weighted by Gasteiger charge is -2.26. The van der Waals surface area contributed by atoms with E-state index in [0.717, 1.165) is 29.5 Å². The average molecular weight is 468 g/mol. The molecule has 7 heteroatoms. The van der Waals surface area contributed by atoms with Crippen LogP contribution in [-0.2, 0) is 11.2 Å². The lowest BCUT2D eigenvalue weighted by atomic mass is 10.0. The lowest BCUT2D eigenvalue weighted by Crippen LogP contribution is -2.37. The Kier molecular flexibility index (Phi) is 6.75. The van der Waals surface area contributed by atoms with Crippen molar-refractivity contribution in [1.29, 1.82) is 0 Å². The number of hydrogen-bond acceptors (Lipinski definition) is 4. The molecule has 3 aromatic rings. The molecule has 0 spiro atoms. The number of ether oxygens (including phenoxy) is 1. The van der Waals surface area contributed by atoms with Crippen molar-refractivity contribution in [1.82, 2.24) is 14.7 Å². The summed E-state index contributed by atoms with van der Waals surface area (Å²) in [5.41, 5.74) is 1.33. The van der Waals surface area contributed by atoms with E-state index < -0.39 is 5.60 Å². The third-order valence-electron chi connectivity index (χ3n) is 5.88. The van der Waals surface area contributed by atoms with Gasteiger partial charge in [0.1, 0.15) is 5.60 Å². The predicted octanol–water partition coefficient (Wildman–Crippen LogP) is 5.60. The van der Waals surface area contributed by atoms with Crippen molar-refractivity contribution in [2.75, 3.05) is 13.1 Å². The summed E-state index contributed by atoms with van der Waals surface area (Å²) in [7, 11) is 0. The van der Waals surface area contributed by atoms with Gasteiger partial charge in [0.15, 0.2) is 0 Å². The Hall–Kier alpha value is -2.86. The van der Waals surface area contributed by atoms with Crippen molar-refractivity contribution in [2.45, 2.75) is 58.1 Å². The van der Waals surface area contributed by atoms with Crippen LogP contribution in [0.2, 0.25) is 5.02 Å². The highest BCUT2D eigenvalue weighted by molar-refractivity contribution is 6.30. The Morgan fingerprint density at radius 3 is 2.45 bits per heavy atom. The number of amides is 1. The van der Waals surface area contributed by atoms with E-state index in [-0.39, 0.29) is 17.7 Å². The lowest BCUT2D eigenvalue weighted by molar-refractivity contribution is 0.0255. The molecule has 1 amide bonds. The van der Waals surface area contributed by atoms with E-state index in [0.29, 0.717) is 36.3 Å². The predicted molar refractivity (Wildman–Crippen MR) is 131 cm³/mol. The molecule has 2 heterocycles. The first kappa shape index (κ1) is 23.3. The number of benzene rings is 2. The summed E-state index contributed by atoms with van der Waals surface area (Å²) in [4.78, 5) is 27.7. The Balaban J connectivity index is 1.63. The molecule has 1 unspecified atom stereocenters. The second-order valence-corrected chi connectivity index (χ2v) is 10.0. The largest absolute Gasteiger partial charge is 0.444 e. The van der Waals surface area contributed by atoms with Crippen LogP contribution in [0.3, 0.4) is 0 Å². The van der Waals surface area contributed by atoms with Crippen LogP contribution in [0.1, 0.15) is 57.3 Å². The van der Waals surface area contributed by atoms with Gasteiger partial charge in [0.05, 0.1) is 17.1 Å². The highest BCUT2D eigenvalue weighted by atomic mass is 35.5. The minimum absolute atomic E-state index is 0.0708. The number of carbonyl (C=O) groups is 1. The van der Waals surface area contributed by atoms with Crippen molar-refractivity contribution < 1.29 is 9.53 Å². The van der Waals surface area contributed by atoms with Gasteiger partial charge in [-0.25, -0.2) is 9.48 Å². The van der Waals surface area contributed by atoms with Crippen LogP contribution < -0.4 is 5.56 Å². The van der Waals surface area contributed by atoms with E-state index >= 15 is 0 Å². The number of aromatic nitrogens is 2. The van der Waals surface area contributed by atoms with Crippen molar-refractivity contribution in [3.8, 4) is 0 Å². The zero-order valence-corrected chi connectivity index (χ0v) is 20.1. The SMILES string of the molecule is CC(C)(C)OC(=O)N1CCCC(n2nc(Cc3ccc(Cl)cc3)c3ccccc3c2=O)CC1. The molecule has 0 saturated carbocycles. The van der Waals surface area contributed by atoms with Gasteiger partial charge in [-0.1, -0.05) is 41.9 Å². The molecule has 6 nitrogen and oxygen atoms in total. The van der Waals surface area contributed by atoms with E-state index in [1.807, 2.05) is 69.3 Å². The van der Waals surface area contributed by atoms with Crippen molar-refractivity contribution >= 4 is 28.5 Å². The summed E-state index contributed by atoms with van der Waals surface area (Å²) in [6.07, 6.45) is 2.53. The molecule has 4 rings (SSSR count). The van der Waals surface area contributed by atoms with Crippen molar-refractivity contribution in [2.24, 2.45) is 0 Å². The number of fused-ring (bicyclic) bond motifs is 1. The van der Waals surface area contributed by atoms with Gasteiger partial charge in [0.25, 0.3) is 5.56 Å². The fourth-order valence-corrected chi connectivity index (χ4v) is 4.41. The summed E-state index contributed by atoms with van der Waals surface area (Å²) in [5, 5.41) is 7.08. The van der Waals surface area contributed by atoms with Gasteiger partial charge in [-0.05, 0) is 63.8 Å². The van der Waals surface area contributed by atoms with Crippen LogP contribution >= 0.6 is 11.6 Å². The van der Waals surface area contributed by atoms with Crippen LogP contribution in [0.4, 0.5) is 4.79 Å². The number of halogens is 1. The molecule has 174 valence electrons. The maximum absolute atomic E-state index is 13.4. The molecule has 33 heavy (non-hydrogen) atoms.